The fourth-order valence-electron chi connectivity index (χ4n) is 3.67. The van der Waals surface area contributed by atoms with Crippen molar-refractivity contribution < 1.29 is 23.5 Å². The van der Waals surface area contributed by atoms with E-state index >= 15 is 0 Å². The molecule has 0 saturated heterocycles. The summed E-state index contributed by atoms with van der Waals surface area (Å²) in [6.07, 6.45) is 0.561. The molecule has 0 aliphatic heterocycles. The highest BCUT2D eigenvalue weighted by Gasteiger charge is 2.21. The molecule has 1 heterocycles. The number of hydrogen-bond donors (Lipinski definition) is 3. The van der Waals surface area contributed by atoms with Crippen molar-refractivity contribution >= 4 is 17.6 Å². The van der Waals surface area contributed by atoms with Gasteiger partial charge in [-0.2, -0.15) is 0 Å². The molecule has 1 unspecified atom stereocenters. The van der Waals surface area contributed by atoms with E-state index in [2.05, 4.69) is 24.5 Å². The van der Waals surface area contributed by atoms with E-state index in [4.69, 9.17) is 9.52 Å². The largest absolute Gasteiger partial charge is 0.481 e. The molecule has 0 saturated carbocycles. The molecule has 1 amide bonds. The van der Waals surface area contributed by atoms with Crippen molar-refractivity contribution in [2.75, 3.05) is 11.9 Å². The van der Waals surface area contributed by atoms with E-state index in [0.717, 1.165) is 35.1 Å². The van der Waals surface area contributed by atoms with Gasteiger partial charge in [-0.1, -0.05) is 44.2 Å². The first-order chi connectivity index (χ1) is 15.7. The summed E-state index contributed by atoms with van der Waals surface area (Å²) in [6.45, 7) is 6.08. The van der Waals surface area contributed by atoms with Gasteiger partial charge in [-0.05, 0) is 43.5 Å². The number of furan rings is 1. The maximum atomic E-state index is 14.9. The first-order valence-electron chi connectivity index (χ1n) is 11.0. The van der Waals surface area contributed by atoms with Gasteiger partial charge in [0.2, 0.25) is 0 Å². The number of rotatable bonds is 10. The Morgan fingerprint density at radius 1 is 1.09 bits per heavy atom. The van der Waals surface area contributed by atoms with Gasteiger partial charge in [0.25, 0.3) is 5.91 Å². The number of aryl methyl sites for hydroxylation is 1. The first kappa shape index (κ1) is 24.0. The second-order valence-corrected chi connectivity index (χ2v) is 8.41. The van der Waals surface area contributed by atoms with Crippen LogP contribution in [-0.2, 0) is 4.79 Å². The van der Waals surface area contributed by atoms with Gasteiger partial charge in [0.15, 0.2) is 0 Å². The fraction of sp³-hybridized carbons (Fsp3) is 0.308. The Morgan fingerprint density at radius 3 is 2.45 bits per heavy atom. The molecule has 0 bridgehead atoms. The molecule has 3 rings (SSSR count). The summed E-state index contributed by atoms with van der Waals surface area (Å²) < 4.78 is 20.9. The molecule has 0 spiro atoms. The number of benzene rings is 2. The Hall–Kier alpha value is -3.61. The summed E-state index contributed by atoms with van der Waals surface area (Å²) >= 11 is 0. The summed E-state index contributed by atoms with van der Waals surface area (Å²) in [5, 5.41) is 14.4. The number of aliphatic carboxylic acids is 1. The van der Waals surface area contributed by atoms with Gasteiger partial charge in [0.1, 0.15) is 17.3 Å². The molecule has 3 aromatic rings. The third kappa shape index (κ3) is 6.44. The lowest BCUT2D eigenvalue weighted by atomic mass is 9.96. The van der Waals surface area contributed by atoms with Crippen LogP contribution in [0.1, 0.15) is 54.4 Å². The second kappa shape index (κ2) is 10.8. The quantitative estimate of drug-likeness (QED) is 0.362. The van der Waals surface area contributed by atoms with Gasteiger partial charge >= 0.3 is 5.97 Å². The van der Waals surface area contributed by atoms with Gasteiger partial charge in [-0.3, -0.25) is 9.59 Å². The predicted molar refractivity (Wildman–Crippen MR) is 126 cm³/mol. The van der Waals surface area contributed by atoms with E-state index in [1.807, 2.05) is 43.3 Å². The number of amides is 1. The molecule has 0 fully saturated rings. The second-order valence-electron chi connectivity index (χ2n) is 8.41. The zero-order valence-corrected chi connectivity index (χ0v) is 19.0. The minimum atomic E-state index is -1.01. The smallest absolute Gasteiger partial charge is 0.305 e. The molecule has 2 aromatic carbocycles. The number of anilines is 1. The van der Waals surface area contributed by atoms with Gasteiger partial charge in [0.05, 0.1) is 18.2 Å². The molecule has 174 valence electrons. The monoisotopic (exact) mass is 452 g/mol. The number of carboxylic acid groups (broad SMARTS) is 1. The van der Waals surface area contributed by atoms with Gasteiger partial charge in [-0.15, -0.1) is 0 Å². The van der Waals surface area contributed by atoms with Crippen molar-refractivity contribution in [1.29, 1.82) is 0 Å². The van der Waals surface area contributed by atoms with Crippen LogP contribution in [-0.4, -0.2) is 23.5 Å². The summed E-state index contributed by atoms with van der Waals surface area (Å²) in [5.41, 5.74) is 2.34. The van der Waals surface area contributed by atoms with E-state index in [1.165, 1.54) is 12.1 Å². The maximum Gasteiger partial charge on any atom is 0.305 e. The summed E-state index contributed by atoms with van der Waals surface area (Å²) in [4.78, 5) is 22.7. The highest BCUT2D eigenvalue weighted by molar-refractivity contribution is 5.94. The molecule has 0 radical (unpaired) electrons. The highest BCUT2D eigenvalue weighted by Crippen LogP contribution is 2.34. The fourth-order valence-corrected chi connectivity index (χ4v) is 3.67. The van der Waals surface area contributed by atoms with E-state index < -0.39 is 17.7 Å². The molecule has 1 aromatic heterocycles. The zero-order valence-electron chi connectivity index (χ0n) is 19.0. The topological polar surface area (TPSA) is 91.6 Å². The zero-order chi connectivity index (χ0) is 24.0. The van der Waals surface area contributed by atoms with Crippen LogP contribution in [0, 0.1) is 18.7 Å². The number of carboxylic acids is 1. The van der Waals surface area contributed by atoms with Crippen LogP contribution >= 0.6 is 0 Å². The van der Waals surface area contributed by atoms with Crippen molar-refractivity contribution in [3.63, 3.8) is 0 Å². The number of carbonyl (C=O) groups excluding carboxylic acids is 1. The van der Waals surface area contributed by atoms with Crippen molar-refractivity contribution in [2.45, 2.75) is 39.7 Å². The Bertz CT molecular complexity index is 1110. The van der Waals surface area contributed by atoms with Crippen LogP contribution < -0.4 is 10.6 Å². The summed E-state index contributed by atoms with van der Waals surface area (Å²) in [5.74, 6) is -0.214. The Morgan fingerprint density at radius 2 is 1.82 bits per heavy atom. The van der Waals surface area contributed by atoms with E-state index in [1.54, 1.807) is 0 Å². The van der Waals surface area contributed by atoms with Gasteiger partial charge in [-0.25, -0.2) is 4.39 Å². The lowest BCUT2D eigenvalue weighted by molar-refractivity contribution is -0.136. The van der Waals surface area contributed by atoms with E-state index in [-0.39, 0.29) is 30.3 Å². The molecular weight excluding hydrogens is 423 g/mol. The van der Waals surface area contributed by atoms with Crippen LogP contribution in [0.2, 0.25) is 0 Å². The molecule has 0 aliphatic rings. The van der Waals surface area contributed by atoms with E-state index in [0.29, 0.717) is 5.92 Å². The lowest BCUT2D eigenvalue weighted by Crippen LogP contribution is -2.26. The lowest BCUT2D eigenvalue weighted by Gasteiger charge is -2.22. The molecule has 6 nitrogen and oxygen atoms in total. The molecule has 1 atom stereocenters. The maximum absolute atomic E-state index is 14.9. The third-order valence-electron chi connectivity index (χ3n) is 5.28. The number of halogens is 1. The highest BCUT2D eigenvalue weighted by atomic mass is 19.1. The number of hydrogen-bond acceptors (Lipinski definition) is 4. The average molecular weight is 453 g/mol. The first-order valence-corrected chi connectivity index (χ1v) is 11.0. The van der Waals surface area contributed by atoms with Crippen molar-refractivity contribution in [2.24, 2.45) is 5.92 Å². The van der Waals surface area contributed by atoms with Crippen molar-refractivity contribution in [1.82, 2.24) is 5.32 Å². The van der Waals surface area contributed by atoms with Crippen LogP contribution in [0.4, 0.5) is 10.1 Å². The Labute approximate surface area is 192 Å². The van der Waals surface area contributed by atoms with Crippen LogP contribution in [0.25, 0.3) is 11.3 Å². The van der Waals surface area contributed by atoms with Crippen LogP contribution in [0.5, 0.6) is 0 Å². The third-order valence-corrected chi connectivity index (χ3v) is 5.28. The molecule has 3 N–H and O–H groups in total. The SMILES string of the molecule is Cc1oc(-c2ccccc2)cc1C(CC(C)C)Nc1ccc(C(=O)NCCC(=O)O)cc1F. The minimum Gasteiger partial charge on any atom is -0.481 e. The Balaban J connectivity index is 1.80. The minimum absolute atomic E-state index is 0.0181. The number of nitrogens with one attached hydrogen (secondary N) is 2. The van der Waals surface area contributed by atoms with Gasteiger partial charge < -0.3 is 20.2 Å². The predicted octanol–water partition coefficient (Wildman–Crippen LogP) is 5.80. The summed E-state index contributed by atoms with van der Waals surface area (Å²) in [6, 6.07) is 15.8. The Kier molecular flexibility index (Phi) is 7.87. The van der Waals surface area contributed by atoms with Crippen LogP contribution in [0.3, 0.4) is 0 Å². The summed E-state index contributed by atoms with van der Waals surface area (Å²) in [7, 11) is 0. The van der Waals surface area contributed by atoms with Crippen molar-refractivity contribution in [3.8, 4) is 11.3 Å². The molecule has 33 heavy (non-hydrogen) atoms. The normalized spacial score (nSPS) is 11.9. The van der Waals surface area contributed by atoms with Crippen LogP contribution in [0.15, 0.2) is 59.0 Å². The van der Waals surface area contributed by atoms with Crippen molar-refractivity contribution in [3.05, 3.63) is 77.3 Å². The standard InChI is InChI=1S/C26H29FN2O4/c1-16(2)13-23(20-15-24(33-17(20)3)18-7-5-4-6-8-18)29-22-10-9-19(14-21(22)27)26(32)28-12-11-25(30)31/h4-10,14-16,23,29H,11-13H2,1-3H3,(H,28,32)(H,30,31). The van der Waals surface area contributed by atoms with E-state index in [9.17, 15) is 14.0 Å². The molecule has 7 heteroatoms. The average Bonchev–Trinajstić information content (AvgIpc) is 3.16. The van der Waals surface area contributed by atoms with Gasteiger partial charge in [0, 0.05) is 23.2 Å². The number of carbonyl (C=O) groups is 2. The molecular formula is C26H29FN2O4. The molecule has 0 aliphatic carbocycles.